The highest BCUT2D eigenvalue weighted by Gasteiger charge is 2.14. The van der Waals surface area contributed by atoms with Crippen LogP contribution in [0.3, 0.4) is 0 Å². The van der Waals surface area contributed by atoms with Crippen molar-refractivity contribution >= 4 is 22.8 Å². The van der Waals surface area contributed by atoms with Crippen LogP contribution in [0, 0.1) is 12.8 Å². The van der Waals surface area contributed by atoms with E-state index in [0.29, 0.717) is 11.3 Å². The Bertz CT molecular complexity index is 401. The number of aryl methyl sites for hydroxylation is 1. The van der Waals surface area contributed by atoms with Crippen molar-refractivity contribution in [2.75, 3.05) is 5.75 Å². The van der Waals surface area contributed by atoms with E-state index in [9.17, 15) is 9.59 Å². The molecule has 1 aromatic carbocycles. The largest absolute Gasteiger partial charge is 0.481 e. The Morgan fingerprint density at radius 1 is 1.44 bits per heavy atom. The average Bonchev–Trinajstić information content (AvgIpc) is 2.25. The van der Waals surface area contributed by atoms with Crippen molar-refractivity contribution in [3.05, 3.63) is 35.4 Å². The Labute approximate surface area is 98.9 Å². The summed E-state index contributed by atoms with van der Waals surface area (Å²) in [5.41, 5.74) is 1.65. The first-order valence-electron chi connectivity index (χ1n) is 4.97. The number of carboxylic acid groups (broad SMARTS) is 1. The average molecular weight is 238 g/mol. The van der Waals surface area contributed by atoms with Crippen LogP contribution in [-0.2, 0) is 4.79 Å². The molecule has 86 valence electrons. The van der Waals surface area contributed by atoms with Gasteiger partial charge in [0, 0.05) is 11.3 Å². The lowest BCUT2D eigenvalue weighted by molar-refractivity contribution is -0.140. The zero-order valence-electron chi connectivity index (χ0n) is 9.27. The molecule has 0 fully saturated rings. The lowest BCUT2D eigenvalue weighted by Gasteiger charge is -2.05. The molecule has 0 amide bonds. The summed E-state index contributed by atoms with van der Waals surface area (Å²) in [5.74, 6) is -1.06. The predicted molar refractivity (Wildman–Crippen MR) is 64.8 cm³/mol. The van der Waals surface area contributed by atoms with Crippen LogP contribution in [0.2, 0.25) is 0 Å². The molecule has 0 spiro atoms. The van der Waals surface area contributed by atoms with Crippen molar-refractivity contribution in [1.29, 1.82) is 0 Å². The molecule has 0 radical (unpaired) electrons. The summed E-state index contributed by atoms with van der Waals surface area (Å²) in [6, 6.07) is 7.29. The number of hydrogen-bond donors (Lipinski definition) is 1. The van der Waals surface area contributed by atoms with Crippen molar-refractivity contribution in [3.8, 4) is 0 Å². The lowest BCUT2D eigenvalue weighted by Crippen LogP contribution is -2.13. The fourth-order valence-corrected chi connectivity index (χ4v) is 1.96. The van der Waals surface area contributed by atoms with Gasteiger partial charge in [-0.3, -0.25) is 9.59 Å². The van der Waals surface area contributed by atoms with E-state index < -0.39 is 11.9 Å². The Kier molecular flexibility index (Phi) is 4.55. The molecule has 1 aromatic rings. The van der Waals surface area contributed by atoms with Crippen LogP contribution in [0.1, 0.15) is 22.8 Å². The molecule has 0 aliphatic heterocycles. The number of carboxylic acids is 1. The zero-order chi connectivity index (χ0) is 12.1. The van der Waals surface area contributed by atoms with Gasteiger partial charge in [0.05, 0.1) is 5.92 Å². The van der Waals surface area contributed by atoms with E-state index in [1.165, 1.54) is 0 Å². The summed E-state index contributed by atoms with van der Waals surface area (Å²) in [6.45, 7) is 3.51. The molecule has 0 aliphatic carbocycles. The summed E-state index contributed by atoms with van der Waals surface area (Å²) < 4.78 is 0. The van der Waals surface area contributed by atoms with Crippen molar-refractivity contribution in [2.45, 2.75) is 13.8 Å². The van der Waals surface area contributed by atoms with E-state index in [2.05, 4.69) is 0 Å². The van der Waals surface area contributed by atoms with Gasteiger partial charge in [-0.1, -0.05) is 42.4 Å². The predicted octanol–water partition coefficient (Wildman–Crippen LogP) is 2.59. The maximum absolute atomic E-state index is 11.7. The van der Waals surface area contributed by atoms with E-state index in [1.807, 2.05) is 19.1 Å². The normalized spacial score (nSPS) is 12.1. The van der Waals surface area contributed by atoms with Gasteiger partial charge in [0.15, 0.2) is 0 Å². The summed E-state index contributed by atoms with van der Waals surface area (Å²) in [5, 5.41) is 8.61. The van der Waals surface area contributed by atoms with Gasteiger partial charge in [0.2, 0.25) is 5.12 Å². The van der Waals surface area contributed by atoms with Crippen LogP contribution in [0.25, 0.3) is 0 Å². The van der Waals surface area contributed by atoms with E-state index >= 15 is 0 Å². The number of rotatable bonds is 4. The minimum Gasteiger partial charge on any atom is -0.481 e. The van der Waals surface area contributed by atoms with Crippen LogP contribution in [0.5, 0.6) is 0 Å². The van der Waals surface area contributed by atoms with Gasteiger partial charge in [-0.2, -0.15) is 0 Å². The van der Waals surface area contributed by atoms with Gasteiger partial charge >= 0.3 is 5.97 Å². The first kappa shape index (κ1) is 12.8. The van der Waals surface area contributed by atoms with E-state index in [0.717, 1.165) is 17.3 Å². The van der Waals surface area contributed by atoms with Gasteiger partial charge in [0.1, 0.15) is 0 Å². The molecule has 0 saturated heterocycles. The molecule has 0 bridgehead atoms. The Morgan fingerprint density at radius 3 is 2.69 bits per heavy atom. The summed E-state index contributed by atoms with van der Waals surface area (Å²) in [4.78, 5) is 22.3. The minimum absolute atomic E-state index is 0.0724. The molecule has 0 aromatic heterocycles. The summed E-state index contributed by atoms with van der Waals surface area (Å²) >= 11 is 1.05. The molecule has 1 rings (SSSR count). The van der Waals surface area contributed by atoms with Crippen LogP contribution in [0.4, 0.5) is 0 Å². The van der Waals surface area contributed by atoms with Gasteiger partial charge in [-0.05, 0) is 13.0 Å². The van der Waals surface area contributed by atoms with Gasteiger partial charge in [-0.15, -0.1) is 0 Å². The number of hydrogen-bond acceptors (Lipinski definition) is 3. The fraction of sp³-hybridized carbons (Fsp3) is 0.333. The molecule has 1 N–H and O–H groups in total. The molecule has 0 heterocycles. The molecular formula is C12H14O3S. The standard InChI is InChI=1S/C12H14O3S/c1-8-4-3-5-10(6-8)12(15)16-7-9(2)11(13)14/h3-6,9H,7H2,1-2H3,(H,13,14)/t9-/m1/s1. The highest BCUT2D eigenvalue weighted by molar-refractivity contribution is 8.14. The number of carbonyl (C=O) groups is 2. The van der Waals surface area contributed by atoms with Crippen molar-refractivity contribution < 1.29 is 14.7 Å². The number of benzene rings is 1. The highest BCUT2D eigenvalue weighted by atomic mass is 32.2. The third-order valence-corrected chi connectivity index (χ3v) is 3.30. The Morgan fingerprint density at radius 2 is 2.12 bits per heavy atom. The quantitative estimate of drug-likeness (QED) is 0.876. The van der Waals surface area contributed by atoms with Crippen LogP contribution >= 0.6 is 11.8 Å². The monoisotopic (exact) mass is 238 g/mol. The molecule has 16 heavy (non-hydrogen) atoms. The molecule has 3 nitrogen and oxygen atoms in total. The SMILES string of the molecule is Cc1cccc(C(=O)SC[C@@H](C)C(=O)O)c1. The molecular weight excluding hydrogens is 224 g/mol. The molecule has 0 unspecified atom stereocenters. The van der Waals surface area contributed by atoms with Crippen LogP contribution < -0.4 is 0 Å². The molecule has 1 atom stereocenters. The van der Waals surface area contributed by atoms with E-state index in [1.54, 1.807) is 19.1 Å². The first-order chi connectivity index (χ1) is 7.50. The van der Waals surface area contributed by atoms with Crippen molar-refractivity contribution in [3.63, 3.8) is 0 Å². The number of carbonyl (C=O) groups excluding carboxylic acids is 1. The van der Waals surface area contributed by atoms with Crippen molar-refractivity contribution in [2.24, 2.45) is 5.92 Å². The molecule has 0 aliphatic rings. The second-order valence-electron chi connectivity index (χ2n) is 3.71. The fourth-order valence-electron chi connectivity index (χ4n) is 1.13. The first-order valence-corrected chi connectivity index (χ1v) is 5.96. The zero-order valence-corrected chi connectivity index (χ0v) is 10.1. The minimum atomic E-state index is -0.871. The number of aliphatic carboxylic acids is 1. The molecule has 0 saturated carbocycles. The Balaban J connectivity index is 2.56. The second kappa shape index (κ2) is 5.70. The lowest BCUT2D eigenvalue weighted by atomic mass is 10.2. The van der Waals surface area contributed by atoms with Crippen molar-refractivity contribution in [1.82, 2.24) is 0 Å². The number of thioether (sulfide) groups is 1. The second-order valence-corrected chi connectivity index (χ2v) is 4.70. The van der Waals surface area contributed by atoms with E-state index in [4.69, 9.17) is 5.11 Å². The smallest absolute Gasteiger partial charge is 0.307 e. The maximum Gasteiger partial charge on any atom is 0.307 e. The van der Waals surface area contributed by atoms with Gasteiger partial charge < -0.3 is 5.11 Å². The maximum atomic E-state index is 11.7. The van der Waals surface area contributed by atoms with E-state index in [-0.39, 0.29) is 5.12 Å². The van der Waals surface area contributed by atoms with Gasteiger partial charge in [-0.25, -0.2) is 0 Å². The molecule has 4 heteroatoms. The van der Waals surface area contributed by atoms with Gasteiger partial charge in [0.25, 0.3) is 0 Å². The Hall–Kier alpha value is -1.29. The third kappa shape index (κ3) is 3.70. The van der Waals surface area contributed by atoms with Crippen LogP contribution in [-0.4, -0.2) is 21.9 Å². The topological polar surface area (TPSA) is 54.4 Å². The highest BCUT2D eigenvalue weighted by Crippen LogP contribution is 2.16. The van der Waals surface area contributed by atoms with Crippen LogP contribution in [0.15, 0.2) is 24.3 Å². The third-order valence-electron chi connectivity index (χ3n) is 2.14. The summed E-state index contributed by atoms with van der Waals surface area (Å²) in [7, 11) is 0. The summed E-state index contributed by atoms with van der Waals surface area (Å²) in [6.07, 6.45) is 0.